The Hall–Kier alpha value is -1.88. The molecule has 0 bridgehead atoms. The first-order valence-corrected chi connectivity index (χ1v) is 9.01. The summed E-state index contributed by atoms with van der Waals surface area (Å²) in [4.78, 5) is 8.81. The molecular weight excluding hydrogens is 304 g/mol. The minimum atomic E-state index is 0.297. The molecule has 0 amide bonds. The molecule has 0 spiro atoms. The second-order valence-corrected chi connectivity index (χ2v) is 7.17. The third kappa shape index (κ3) is 4.10. The molecule has 23 heavy (non-hydrogen) atoms. The van der Waals surface area contributed by atoms with Crippen LogP contribution in [0.5, 0.6) is 0 Å². The van der Waals surface area contributed by atoms with Crippen LogP contribution in [0.1, 0.15) is 29.1 Å². The van der Waals surface area contributed by atoms with Gasteiger partial charge in [0.15, 0.2) is 5.96 Å². The Labute approximate surface area is 142 Å². The van der Waals surface area contributed by atoms with E-state index in [1.54, 1.807) is 11.3 Å². The van der Waals surface area contributed by atoms with Crippen molar-refractivity contribution in [2.45, 2.75) is 31.6 Å². The summed E-state index contributed by atoms with van der Waals surface area (Å²) in [6, 6.07) is 10.8. The first kappa shape index (κ1) is 16.0. The molecule has 122 valence electrons. The zero-order valence-electron chi connectivity index (χ0n) is 13.8. The normalized spacial score (nSPS) is 16.2. The van der Waals surface area contributed by atoms with Crippen LogP contribution in [0.4, 0.5) is 0 Å². The lowest BCUT2D eigenvalue weighted by atomic mass is 9.96. The van der Waals surface area contributed by atoms with Crippen molar-refractivity contribution in [2.75, 3.05) is 20.1 Å². The molecule has 2 aromatic rings. The van der Waals surface area contributed by atoms with Gasteiger partial charge in [0.1, 0.15) is 0 Å². The quantitative estimate of drug-likeness (QED) is 0.633. The molecule has 0 saturated heterocycles. The zero-order valence-corrected chi connectivity index (χ0v) is 14.6. The number of guanidine groups is 1. The molecule has 1 heterocycles. The molecular formula is C18H24N4S. The van der Waals surface area contributed by atoms with Crippen molar-refractivity contribution < 1.29 is 0 Å². The number of nitrogens with one attached hydrogen (secondary N) is 2. The van der Waals surface area contributed by atoms with Gasteiger partial charge in [0.2, 0.25) is 0 Å². The van der Waals surface area contributed by atoms with Crippen molar-refractivity contribution in [3.05, 3.63) is 52.0 Å². The topological polar surface area (TPSA) is 49.3 Å². The summed E-state index contributed by atoms with van der Waals surface area (Å²) >= 11 is 1.70. The van der Waals surface area contributed by atoms with E-state index in [-0.39, 0.29) is 0 Å². The number of thiazole rings is 1. The maximum absolute atomic E-state index is 4.49. The third-order valence-corrected chi connectivity index (χ3v) is 5.22. The monoisotopic (exact) mass is 328 g/mol. The average Bonchev–Trinajstić information content (AvgIpc) is 3.27. The second kappa shape index (κ2) is 7.13. The fourth-order valence-electron chi connectivity index (χ4n) is 2.82. The highest BCUT2D eigenvalue weighted by Gasteiger charge is 2.43. The highest BCUT2D eigenvalue weighted by atomic mass is 32.1. The minimum Gasteiger partial charge on any atom is -0.356 e. The van der Waals surface area contributed by atoms with Gasteiger partial charge in [0, 0.05) is 37.4 Å². The summed E-state index contributed by atoms with van der Waals surface area (Å²) in [5.74, 6) is 0.874. The molecule has 0 radical (unpaired) electrons. The Morgan fingerprint density at radius 1 is 1.26 bits per heavy atom. The molecule has 1 fully saturated rings. The predicted octanol–water partition coefficient (Wildman–Crippen LogP) is 2.89. The van der Waals surface area contributed by atoms with Gasteiger partial charge in [0.05, 0.1) is 10.7 Å². The molecule has 3 rings (SSSR count). The van der Waals surface area contributed by atoms with Crippen LogP contribution in [0.15, 0.2) is 40.7 Å². The van der Waals surface area contributed by atoms with E-state index in [1.807, 2.05) is 14.0 Å². The van der Waals surface area contributed by atoms with E-state index in [4.69, 9.17) is 0 Å². The Bertz CT molecular complexity index is 659. The van der Waals surface area contributed by atoms with Crippen LogP contribution >= 0.6 is 11.3 Å². The van der Waals surface area contributed by atoms with Gasteiger partial charge in [-0.25, -0.2) is 4.98 Å². The number of aromatic nitrogens is 1. The van der Waals surface area contributed by atoms with Crippen LogP contribution in [0.3, 0.4) is 0 Å². The number of aryl methyl sites for hydroxylation is 1. The highest BCUT2D eigenvalue weighted by molar-refractivity contribution is 7.09. The molecule has 2 N–H and O–H groups in total. The van der Waals surface area contributed by atoms with Gasteiger partial charge in [-0.15, -0.1) is 11.3 Å². The molecule has 1 aromatic carbocycles. The van der Waals surface area contributed by atoms with Gasteiger partial charge in [-0.1, -0.05) is 30.3 Å². The lowest BCUT2D eigenvalue weighted by molar-refractivity contribution is 0.645. The summed E-state index contributed by atoms with van der Waals surface area (Å²) in [7, 11) is 1.82. The van der Waals surface area contributed by atoms with Gasteiger partial charge in [-0.3, -0.25) is 4.99 Å². The van der Waals surface area contributed by atoms with E-state index in [0.29, 0.717) is 5.41 Å². The van der Waals surface area contributed by atoms with Crippen LogP contribution in [0, 0.1) is 6.92 Å². The van der Waals surface area contributed by atoms with E-state index in [1.165, 1.54) is 18.4 Å². The van der Waals surface area contributed by atoms with Crippen molar-refractivity contribution in [1.29, 1.82) is 0 Å². The van der Waals surface area contributed by atoms with E-state index in [2.05, 4.69) is 56.3 Å². The number of benzene rings is 1. The van der Waals surface area contributed by atoms with E-state index in [0.717, 1.165) is 36.2 Å². The first-order chi connectivity index (χ1) is 11.2. The number of nitrogens with zero attached hydrogens (tertiary/aromatic N) is 2. The number of hydrogen-bond acceptors (Lipinski definition) is 3. The fraction of sp³-hybridized carbons (Fsp3) is 0.444. The van der Waals surface area contributed by atoms with E-state index >= 15 is 0 Å². The van der Waals surface area contributed by atoms with E-state index in [9.17, 15) is 0 Å². The predicted molar refractivity (Wildman–Crippen MR) is 97.3 cm³/mol. The number of rotatable bonds is 6. The summed E-state index contributed by atoms with van der Waals surface area (Å²) in [6.45, 7) is 3.83. The van der Waals surface area contributed by atoms with Crippen LogP contribution in [-0.2, 0) is 11.8 Å². The number of hydrogen-bond donors (Lipinski definition) is 2. The van der Waals surface area contributed by atoms with Crippen molar-refractivity contribution in [2.24, 2.45) is 4.99 Å². The molecule has 1 saturated carbocycles. The summed E-state index contributed by atoms with van der Waals surface area (Å²) in [5.41, 5.74) is 2.88. The Kier molecular flexibility index (Phi) is 4.96. The molecule has 1 aliphatic carbocycles. The average molecular weight is 328 g/mol. The summed E-state index contributed by atoms with van der Waals surface area (Å²) in [6.07, 6.45) is 3.42. The molecule has 5 heteroatoms. The maximum atomic E-state index is 4.49. The summed E-state index contributed by atoms with van der Waals surface area (Å²) in [5, 5.41) is 10.1. The lowest BCUT2D eigenvalue weighted by Gasteiger charge is -2.19. The fourth-order valence-corrected chi connectivity index (χ4v) is 3.46. The van der Waals surface area contributed by atoms with Gasteiger partial charge in [-0.05, 0) is 25.3 Å². The molecule has 0 aliphatic heterocycles. The van der Waals surface area contributed by atoms with Gasteiger partial charge in [-0.2, -0.15) is 0 Å². The standard InChI is InChI=1S/C18H24N4S/c1-14-22-16(12-23-14)8-11-20-17(19-2)21-13-18(9-10-18)15-6-4-3-5-7-15/h3-7,12H,8-11,13H2,1-2H3,(H2,19,20,21). The SMILES string of the molecule is CN=C(NCCc1csc(C)n1)NCC1(c2ccccc2)CC1. The smallest absolute Gasteiger partial charge is 0.191 e. The van der Waals surface area contributed by atoms with Gasteiger partial charge in [0.25, 0.3) is 0 Å². The largest absolute Gasteiger partial charge is 0.356 e. The van der Waals surface area contributed by atoms with Crippen LogP contribution < -0.4 is 10.6 Å². The Balaban J connectivity index is 1.47. The summed E-state index contributed by atoms with van der Waals surface area (Å²) < 4.78 is 0. The third-order valence-electron chi connectivity index (χ3n) is 4.40. The first-order valence-electron chi connectivity index (χ1n) is 8.13. The number of aliphatic imine (C=N–C) groups is 1. The maximum Gasteiger partial charge on any atom is 0.191 e. The highest BCUT2D eigenvalue weighted by Crippen LogP contribution is 2.47. The lowest BCUT2D eigenvalue weighted by Crippen LogP contribution is -2.42. The van der Waals surface area contributed by atoms with Gasteiger partial charge < -0.3 is 10.6 Å². The Morgan fingerprint density at radius 3 is 2.65 bits per heavy atom. The van der Waals surface area contributed by atoms with Crippen LogP contribution in [-0.4, -0.2) is 31.1 Å². The molecule has 0 atom stereocenters. The van der Waals surface area contributed by atoms with Crippen molar-refractivity contribution in [3.8, 4) is 0 Å². The molecule has 0 unspecified atom stereocenters. The second-order valence-electron chi connectivity index (χ2n) is 6.11. The zero-order chi connectivity index (χ0) is 16.1. The van der Waals surface area contributed by atoms with Gasteiger partial charge >= 0.3 is 0 Å². The molecule has 4 nitrogen and oxygen atoms in total. The van der Waals surface area contributed by atoms with Crippen molar-refractivity contribution in [1.82, 2.24) is 15.6 Å². The van der Waals surface area contributed by atoms with Crippen molar-refractivity contribution >= 4 is 17.3 Å². The van der Waals surface area contributed by atoms with Crippen LogP contribution in [0.2, 0.25) is 0 Å². The molecule has 1 aromatic heterocycles. The van der Waals surface area contributed by atoms with E-state index < -0.39 is 0 Å². The van der Waals surface area contributed by atoms with Crippen LogP contribution in [0.25, 0.3) is 0 Å². The minimum absolute atomic E-state index is 0.297. The Morgan fingerprint density at radius 2 is 2.04 bits per heavy atom. The molecule has 1 aliphatic rings. The van der Waals surface area contributed by atoms with Crippen molar-refractivity contribution in [3.63, 3.8) is 0 Å².